The Bertz CT molecular complexity index is 719. The predicted octanol–water partition coefficient (Wildman–Crippen LogP) is 4.04. The summed E-state index contributed by atoms with van der Waals surface area (Å²) in [5.41, 5.74) is 3.22. The van der Waals surface area contributed by atoms with Crippen molar-refractivity contribution in [3.8, 4) is 11.5 Å². The Morgan fingerprint density at radius 2 is 1.96 bits per heavy atom. The lowest BCUT2D eigenvalue weighted by Gasteiger charge is -2.33. The number of hydrogen-bond acceptors (Lipinski definition) is 4. The molecule has 1 aliphatic rings. The first kappa shape index (κ1) is 16.0. The molecule has 23 heavy (non-hydrogen) atoms. The van der Waals surface area contributed by atoms with Gasteiger partial charge in [0.25, 0.3) is 0 Å². The minimum atomic E-state index is -2.21. The Morgan fingerprint density at radius 1 is 1.17 bits per heavy atom. The average Bonchev–Trinajstić information content (AvgIpc) is 2.56. The number of para-hydroxylation sites is 2. The predicted molar refractivity (Wildman–Crippen MR) is 90.7 cm³/mol. The molecule has 0 saturated carbocycles. The van der Waals surface area contributed by atoms with Gasteiger partial charge in [-0.15, -0.1) is 0 Å². The van der Waals surface area contributed by atoms with E-state index in [4.69, 9.17) is 13.5 Å². The molecule has 0 amide bonds. The highest BCUT2D eigenvalue weighted by Gasteiger charge is 2.23. The molecule has 1 N–H and O–H groups in total. The van der Waals surface area contributed by atoms with Crippen LogP contribution in [0.25, 0.3) is 0 Å². The first-order valence-corrected chi connectivity index (χ1v) is 8.63. The van der Waals surface area contributed by atoms with E-state index >= 15 is 0 Å². The molecule has 122 valence electrons. The monoisotopic (exact) mass is 333 g/mol. The van der Waals surface area contributed by atoms with Crippen LogP contribution in [0.15, 0.2) is 42.5 Å². The van der Waals surface area contributed by atoms with Crippen molar-refractivity contribution >= 4 is 22.7 Å². The zero-order chi connectivity index (χ0) is 16.2. The molecule has 0 spiro atoms. The zero-order valence-corrected chi connectivity index (χ0v) is 13.7. The number of ether oxygens (including phenoxy) is 1. The van der Waals surface area contributed by atoms with Crippen LogP contribution < -0.4 is 9.64 Å². The van der Waals surface area contributed by atoms with Crippen LogP contribution >= 0.6 is 0 Å². The summed E-state index contributed by atoms with van der Waals surface area (Å²) in [7, 11) is 0. The molecular formula is C17H19NO4S. The van der Waals surface area contributed by atoms with Gasteiger partial charge in [0.2, 0.25) is 0 Å². The number of nitrogens with zero attached hydrogens (tertiary/aromatic N) is 1. The van der Waals surface area contributed by atoms with Gasteiger partial charge in [0, 0.05) is 6.54 Å². The second-order valence-electron chi connectivity index (χ2n) is 5.27. The summed E-state index contributed by atoms with van der Waals surface area (Å²) in [6.45, 7) is 3.02. The van der Waals surface area contributed by atoms with E-state index in [1.54, 1.807) is 0 Å². The van der Waals surface area contributed by atoms with Crippen molar-refractivity contribution in [2.45, 2.75) is 19.8 Å². The number of anilines is 2. The SMILES string of the molecule is CCc1ccc2c(c1)Oc1ccccc1N2CCCOS(=O)O. The van der Waals surface area contributed by atoms with Gasteiger partial charge in [-0.1, -0.05) is 25.1 Å². The van der Waals surface area contributed by atoms with Crippen LogP contribution in [-0.4, -0.2) is 21.9 Å². The van der Waals surface area contributed by atoms with Gasteiger partial charge in [0.1, 0.15) is 0 Å². The maximum absolute atomic E-state index is 10.6. The van der Waals surface area contributed by atoms with E-state index in [-0.39, 0.29) is 6.61 Å². The van der Waals surface area contributed by atoms with Gasteiger partial charge in [-0.05, 0) is 42.7 Å². The van der Waals surface area contributed by atoms with Gasteiger partial charge < -0.3 is 9.64 Å². The molecule has 0 bridgehead atoms. The zero-order valence-electron chi connectivity index (χ0n) is 12.9. The number of aryl methyl sites for hydroxylation is 1. The average molecular weight is 333 g/mol. The third-order valence-electron chi connectivity index (χ3n) is 3.81. The molecule has 6 heteroatoms. The Morgan fingerprint density at radius 3 is 2.74 bits per heavy atom. The summed E-state index contributed by atoms with van der Waals surface area (Å²) in [6, 6.07) is 14.1. The van der Waals surface area contributed by atoms with Crippen molar-refractivity contribution < 1.29 is 17.7 Å². The Labute approximate surface area is 138 Å². The summed E-state index contributed by atoms with van der Waals surface area (Å²) in [5.74, 6) is 1.66. The molecule has 0 aliphatic carbocycles. The number of hydrogen-bond donors (Lipinski definition) is 1. The molecule has 0 saturated heterocycles. The lowest BCUT2D eigenvalue weighted by atomic mass is 10.1. The Balaban J connectivity index is 1.86. The second-order valence-corrected chi connectivity index (χ2v) is 5.94. The van der Waals surface area contributed by atoms with Crippen LogP contribution in [0.5, 0.6) is 11.5 Å². The van der Waals surface area contributed by atoms with Gasteiger partial charge in [0.05, 0.1) is 18.0 Å². The van der Waals surface area contributed by atoms with Gasteiger partial charge >= 0.3 is 11.4 Å². The van der Waals surface area contributed by atoms with Crippen molar-refractivity contribution in [2.24, 2.45) is 0 Å². The first-order valence-electron chi connectivity index (χ1n) is 7.60. The van der Waals surface area contributed by atoms with Crippen molar-refractivity contribution in [1.29, 1.82) is 0 Å². The molecule has 5 nitrogen and oxygen atoms in total. The van der Waals surface area contributed by atoms with Gasteiger partial charge in [-0.25, -0.2) is 0 Å². The van der Waals surface area contributed by atoms with Crippen molar-refractivity contribution in [2.75, 3.05) is 18.1 Å². The fourth-order valence-electron chi connectivity index (χ4n) is 2.69. The molecule has 0 aromatic heterocycles. The third kappa shape index (κ3) is 3.55. The van der Waals surface area contributed by atoms with E-state index in [1.165, 1.54) is 5.56 Å². The molecule has 0 radical (unpaired) electrons. The van der Waals surface area contributed by atoms with Gasteiger partial charge in [-0.2, -0.15) is 4.21 Å². The first-order chi connectivity index (χ1) is 11.2. The summed E-state index contributed by atoms with van der Waals surface area (Å²) in [4.78, 5) is 2.16. The van der Waals surface area contributed by atoms with Crippen molar-refractivity contribution in [3.63, 3.8) is 0 Å². The number of fused-ring (bicyclic) bond motifs is 2. The highest BCUT2D eigenvalue weighted by Crippen LogP contribution is 2.46. The van der Waals surface area contributed by atoms with Crippen molar-refractivity contribution in [1.82, 2.24) is 0 Å². The number of benzene rings is 2. The molecule has 1 unspecified atom stereocenters. The van der Waals surface area contributed by atoms with Crippen LogP contribution in [0.2, 0.25) is 0 Å². The smallest absolute Gasteiger partial charge is 0.301 e. The quantitative estimate of drug-likeness (QED) is 0.639. The van der Waals surface area contributed by atoms with Crippen LogP contribution in [0, 0.1) is 0 Å². The third-order valence-corrected chi connectivity index (χ3v) is 4.18. The largest absolute Gasteiger partial charge is 0.453 e. The van der Waals surface area contributed by atoms with E-state index in [9.17, 15) is 4.21 Å². The molecule has 2 aromatic rings. The molecule has 1 heterocycles. The molecule has 2 aromatic carbocycles. The molecular weight excluding hydrogens is 314 g/mol. The van der Waals surface area contributed by atoms with Crippen LogP contribution in [0.3, 0.4) is 0 Å². The molecule has 1 atom stereocenters. The van der Waals surface area contributed by atoms with E-state index in [0.717, 1.165) is 29.3 Å². The maximum atomic E-state index is 10.6. The topological polar surface area (TPSA) is 59.0 Å². The molecule has 3 rings (SSSR count). The van der Waals surface area contributed by atoms with Crippen LogP contribution in [-0.2, 0) is 22.0 Å². The summed E-state index contributed by atoms with van der Waals surface area (Å²) in [5, 5.41) is 0. The fraction of sp³-hybridized carbons (Fsp3) is 0.294. The summed E-state index contributed by atoms with van der Waals surface area (Å²) < 4.78 is 30.0. The fourth-order valence-corrected chi connectivity index (χ4v) is 2.95. The minimum absolute atomic E-state index is 0.227. The van der Waals surface area contributed by atoms with E-state index in [0.29, 0.717) is 13.0 Å². The summed E-state index contributed by atoms with van der Waals surface area (Å²) in [6.07, 6.45) is 1.59. The van der Waals surface area contributed by atoms with Crippen LogP contribution in [0.4, 0.5) is 11.4 Å². The standard InChI is InChI=1S/C17H19NO4S/c1-2-13-8-9-15-17(12-13)22-16-7-4-3-6-14(16)18(15)10-5-11-21-23(19)20/h3-4,6-9,12H,2,5,10-11H2,1H3,(H,19,20). The highest BCUT2D eigenvalue weighted by atomic mass is 32.2. The lowest BCUT2D eigenvalue weighted by molar-refractivity contribution is 0.303. The molecule has 0 fully saturated rings. The lowest BCUT2D eigenvalue weighted by Crippen LogP contribution is -2.23. The van der Waals surface area contributed by atoms with E-state index < -0.39 is 11.4 Å². The Kier molecular flexibility index (Phi) is 4.95. The minimum Gasteiger partial charge on any atom is -0.453 e. The van der Waals surface area contributed by atoms with Gasteiger partial charge in [0.15, 0.2) is 11.5 Å². The normalized spacial score (nSPS) is 13.9. The van der Waals surface area contributed by atoms with Gasteiger partial charge in [-0.3, -0.25) is 8.74 Å². The van der Waals surface area contributed by atoms with Crippen molar-refractivity contribution in [3.05, 3.63) is 48.0 Å². The summed E-state index contributed by atoms with van der Waals surface area (Å²) >= 11 is -2.21. The maximum Gasteiger partial charge on any atom is 0.301 e. The highest BCUT2D eigenvalue weighted by molar-refractivity contribution is 7.74. The number of rotatable bonds is 6. The van der Waals surface area contributed by atoms with Crippen LogP contribution in [0.1, 0.15) is 18.9 Å². The van der Waals surface area contributed by atoms with E-state index in [1.807, 2.05) is 24.3 Å². The van der Waals surface area contributed by atoms with E-state index in [2.05, 4.69) is 30.0 Å². The Hall–Kier alpha value is -1.89. The second kappa shape index (κ2) is 7.12. The molecule has 1 aliphatic heterocycles.